The van der Waals surface area contributed by atoms with Crippen LogP contribution in [0.2, 0.25) is 0 Å². The highest BCUT2D eigenvalue weighted by molar-refractivity contribution is 8.00. The molecule has 1 aromatic heterocycles. The van der Waals surface area contributed by atoms with Gasteiger partial charge in [0.2, 0.25) is 0 Å². The normalized spacial score (nSPS) is 25.7. The molecule has 1 saturated heterocycles. The summed E-state index contributed by atoms with van der Waals surface area (Å²) in [5.41, 5.74) is 1.41. The average Bonchev–Trinajstić information content (AvgIpc) is 3.34. The number of rotatable bonds is 4. The molecule has 2 atom stereocenters. The Morgan fingerprint density at radius 3 is 2.70 bits per heavy atom. The van der Waals surface area contributed by atoms with Crippen molar-refractivity contribution in [1.82, 2.24) is 19.7 Å². The predicted octanol–water partition coefficient (Wildman–Crippen LogP) is 3.37. The lowest BCUT2D eigenvalue weighted by Crippen LogP contribution is -2.40. The first-order valence-corrected chi connectivity index (χ1v) is 9.57. The molecule has 23 heavy (non-hydrogen) atoms. The summed E-state index contributed by atoms with van der Waals surface area (Å²) in [4.78, 5) is 2.58. The summed E-state index contributed by atoms with van der Waals surface area (Å²) in [6, 6.07) is 11.4. The van der Waals surface area contributed by atoms with Crippen LogP contribution in [0.25, 0.3) is 0 Å². The SMILES string of the molecule is C[C@@H]1SCCN(Cc2nnc(C3CC3)n2C)[C@@H]1c1ccccc1. The van der Waals surface area contributed by atoms with Gasteiger partial charge in [-0.1, -0.05) is 37.3 Å². The molecule has 0 N–H and O–H groups in total. The van der Waals surface area contributed by atoms with Crippen LogP contribution in [0.3, 0.4) is 0 Å². The Hall–Kier alpha value is -1.33. The highest BCUT2D eigenvalue weighted by atomic mass is 32.2. The Kier molecular flexibility index (Phi) is 4.16. The van der Waals surface area contributed by atoms with Crippen molar-refractivity contribution in [2.45, 2.75) is 43.5 Å². The Balaban J connectivity index is 1.58. The molecule has 0 spiro atoms. The molecule has 1 saturated carbocycles. The molecule has 5 heteroatoms. The van der Waals surface area contributed by atoms with Gasteiger partial charge in [0.05, 0.1) is 6.54 Å². The first-order valence-electron chi connectivity index (χ1n) is 8.53. The molecule has 0 bridgehead atoms. The van der Waals surface area contributed by atoms with Gasteiger partial charge in [0.25, 0.3) is 0 Å². The van der Waals surface area contributed by atoms with Gasteiger partial charge in [0.15, 0.2) is 0 Å². The fourth-order valence-electron chi connectivity index (χ4n) is 3.58. The standard InChI is InChI=1S/C18H24N4S/c1-13-17(14-6-4-3-5-7-14)22(10-11-23-13)12-16-19-20-18(21(16)2)15-8-9-15/h3-7,13,15,17H,8-12H2,1-2H3/t13-,17-/m0/s1. The third-order valence-electron chi connectivity index (χ3n) is 5.02. The zero-order chi connectivity index (χ0) is 15.8. The Morgan fingerprint density at radius 1 is 1.17 bits per heavy atom. The van der Waals surface area contributed by atoms with Crippen LogP contribution in [0, 0.1) is 0 Å². The largest absolute Gasteiger partial charge is 0.317 e. The van der Waals surface area contributed by atoms with Crippen LogP contribution in [0.5, 0.6) is 0 Å². The molecule has 1 aliphatic carbocycles. The van der Waals surface area contributed by atoms with E-state index >= 15 is 0 Å². The molecule has 122 valence electrons. The molecule has 2 aromatic rings. The molecule has 1 aromatic carbocycles. The summed E-state index contributed by atoms with van der Waals surface area (Å²) >= 11 is 2.08. The van der Waals surface area contributed by atoms with Gasteiger partial charge in [-0.2, -0.15) is 11.8 Å². The van der Waals surface area contributed by atoms with Crippen LogP contribution in [-0.4, -0.2) is 37.2 Å². The van der Waals surface area contributed by atoms with Crippen LogP contribution < -0.4 is 0 Å². The van der Waals surface area contributed by atoms with E-state index in [0.29, 0.717) is 17.2 Å². The summed E-state index contributed by atoms with van der Waals surface area (Å²) in [5.74, 6) is 4.13. The van der Waals surface area contributed by atoms with E-state index in [1.165, 1.54) is 30.0 Å². The lowest BCUT2D eigenvalue weighted by Gasteiger charge is -2.39. The molecule has 0 unspecified atom stereocenters. The van der Waals surface area contributed by atoms with Crippen LogP contribution in [0.1, 0.15) is 48.9 Å². The van der Waals surface area contributed by atoms with Crippen molar-refractivity contribution in [3.63, 3.8) is 0 Å². The molecule has 0 radical (unpaired) electrons. The number of nitrogens with zero attached hydrogens (tertiary/aromatic N) is 4. The first-order chi connectivity index (χ1) is 11.2. The second kappa shape index (κ2) is 6.29. The van der Waals surface area contributed by atoms with E-state index in [2.05, 4.69) is 75.7 Å². The maximum absolute atomic E-state index is 4.49. The van der Waals surface area contributed by atoms with Gasteiger partial charge in [-0.25, -0.2) is 0 Å². The number of benzene rings is 1. The van der Waals surface area contributed by atoms with Crippen molar-refractivity contribution in [3.05, 3.63) is 47.5 Å². The van der Waals surface area contributed by atoms with Crippen molar-refractivity contribution in [2.24, 2.45) is 7.05 Å². The predicted molar refractivity (Wildman–Crippen MR) is 94.5 cm³/mol. The van der Waals surface area contributed by atoms with Crippen molar-refractivity contribution >= 4 is 11.8 Å². The summed E-state index contributed by atoms with van der Waals surface area (Å²) < 4.78 is 2.23. The van der Waals surface area contributed by atoms with Gasteiger partial charge in [-0.05, 0) is 18.4 Å². The summed E-state index contributed by atoms with van der Waals surface area (Å²) in [6.07, 6.45) is 2.55. The fourth-order valence-corrected chi connectivity index (χ4v) is 4.81. The fraction of sp³-hybridized carbons (Fsp3) is 0.556. The quantitative estimate of drug-likeness (QED) is 0.862. The molecule has 2 aliphatic rings. The smallest absolute Gasteiger partial charge is 0.146 e. The van der Waals surface area contributed by atoms with E-state index in [9.17, 15) is 0 Å². The molecule has 2 fully saturated rings. The minimum absolute atomic E-state index is 0.455. The monoisotopic (exact) mass is 328 g/mol. The minimum atomic E-state index is 0.455. The molecule has 4 rings (SSSR count). The Bertz CT molecular complexity index is 665. The van der Waals surface area contributed by atoms with E-state index in [1.54, 1.807) is 0 Å². The van der Waals surface area contributed by atoms with Gasteiger partial charge in [0, 0.05) is 36.6 Å². The van der Waals surface area contributed by atoms with E-state index in [1.807, 2.05) is 0 Å². The van der Waals surface area contributed by atoms with Crippen LogP contribution in [-0.2, 0) is 13.6 Å². The van der Waals surface area contributed by atoms with E-state index in [-0.39, 0.29) is 0 Å². The second-order valence-corrected chi connectivity index (χ2v) is 8.19. The topological polar surface area (TPSA) is 34.0 Å². The summed E-state index contributed by atoms with van der Waals surface area (Å²) in [5, 5.41) is 9.53. The number of hydrogen-bond donors (Lipinski definition) is 0. The summed E-state index contributed by atoms with van der Waals surface area (Å²) in [7, 11) is 2.13. The molecule has 0 amide bonds. The molecule has 2 heterocycles. The highest BCUT2D eigenvalue weighted by Gasteiger charge is 2.33. The van der Waals surface area contributed by atoms with Crippen LogP contribution >= 0.6 is 11.8 Å². The minimum Gasteiger partial charge on any atom is -0.317 e. The van der Waals surface area contributed by atoms with Crippen molar-refractivity contribution in [1.29, 1.82) is 0 Å². The molecular weight excluding hydrogens is 304 g/mol. The number of hydrogen-bond acceptors (Lipinski definition) is 4. The maximum Gasteiger partial charge on any atom is 0.146 e. The van der Waals surface area contributed by atoms with Crippen LogP contribution in [0.15, 0.2) is 30.3 Å². The molecular formula is C18H24N4S. The van der Waals surface area contributed by atoms with E-state index in [0.717, 1.165) is 18.9 Å². The van der Waals surface area contributed by atoms with E-state index < -0.39 is 0 Å². The number of thioether (sulfide) groups is 1. The third-order valence-corrected chi connectivity index (χ3v) is 6.23. The zero-order valence-electron chi connectivity index (χ0n) is 13.9. The maximum atomic E-state index is 4.49. The Labute approximate surface area is 142 Å². The van der Waals surface area contributed by atoms with Gasteiger partial charge in [-0.15, -0.1) is 10.2 Å². The van der Waals surface area contributed by atoms with Gasteiger partial charge in [0.1, 0.15) is 11.6 Å². The van der Waals surface area contributed by atoms with E-state index in [4.69, 9.17) is 0 Å². The summed E-state index contributed by atoms with van der Waals surface area (Å²) in [6.45, 7) is 4.35. The average molecular weight is 328 g/mol. The van der Waals surface area contributed by atoms with Crippen LogP contribution in [0.4, 0.5) is 0 Å². The zero-order valence-corrected chi connectivity index (χ0v) is 14.7. The van der Waals surface area contributed by atoms with Crippen molar-refractivity contribution in [3.8, 4) is 0 Å². The first kappa shape index (κ1) is 15.2. The molecule has 1 aliphatic heterocycles. The van der Waals surface area contributed by atoms with Gasteiger partial charge in [-0.3, -0.25) is 4.90 Å². The lowest BCUT2D eigenvalue weighted by molar-refractivity contribution is 0.185. The van der Waals surface area contributed by atoms with Crippen molar-refractivity contribution in [2.75, 3.05) is 12.3 Å². The van der Waals surface area contributed by atoms with Gasteiger partial charge >= 0.3 is 0 Å². The van der Waals surface area contributed by atoms with Crippen molar-refractivity contribution < 1.29 is 0 Å². The Morgan fingerprint density at radius 2 is 1.96 bits per heavy atom. The number of aromatic nitrogens is 3. The second-order valence-electron chi connectivity index (χ2n) is 6.71. The highest BCUT2D eigenvalue weighted by Crippen LogP contribution is 2.40. The lowest BCUT2D eigenvalue weighted by atomic mass is 10.0. The molecule has 4 nitrogen and oxygen atoms in total. The third kappa shape index (κ3) is 3.04. The van der Waals surface area contributed by atoms with Gasteiger partial charge < -0.3 is 4.57 Å².